The summed E-state index contributed by atoms with van der Waals surface area (Å²) < 4.78 is 17.9. The van der Waals surface area contributed by atoms with Crippen molar-refractivity contribution in [3.63, 3.8) is 0 Å². The molecule has 0 bridgehead atoms. The lowest BCUT2D eigenvalue weighted by molar-refractivity contribution is 0.295. The Bertz CT molecular complexity index is 76.9. The second-order valence-electron chi connectivity index (χ2n) is 1.19. The predicted octanol–water partition coefficient (Wildman–Crippen LogP) is -1.25. The van der Waals surface area contributed by atoms with Crippen molar-refractivity contribution < 1.29 is 13.9 Å². The van der Waals surface area contributed by atoms with Crippen LogP contribution in [0.2, 0.25) is 0 Å². The van der Waals surface area contributed by atoms with Gasteiger partial charge in [0.25, 0.3) is 0 Å². The molecule has 5 heteroatoms. The van der Waals surface area contributed by atoms with Crippen LogP contribution in [0, 0.1) is 0 Å². The summed E-state index contributed by atoms with van der Waals surface area (Å²) in [6.07, 6.45) is 0. The largest absolute Gasteiger partial charge is 0.395 e. The van der Waals surface area contributed by atoms with E-state index < -0.39 is 11.1 Å². The molecule has 0 amide bonds. The number of nitrogens with one attached hydrogen (secondary N) is 1. The highest BCUT2D eigenvalue weighted by Crippen LogP contribution is 1.64. The zero-order chi connectivity index (χ0) is 6.41. The molecule has 4 nitrogen and oxygen atoms in total. The van der Waals surface area contributed by atoms with E-state index in [0.29, 0.717) is 6.54 Å². The lowest BCUT2D eigenvalue weighted by Gasteiger charge is -1.94. The summed E-state index contributed by atoms with van der Waals surface area (Å²) in [7, 11) is 0. The minimum Gasteiger partial charge on any atom is -0.395 e. The van der Waals surface area contributed by atoms with Crippen molar-refractivity contribution in [1.82, 2.24) is 5.32 Å². The maximum Gasteiger partial charge on any atom is 0.167 e. The van der Waals surface area contributed by atoms with Gasteiger partial charge < -0.3 is 15.0 Å². The average molecular weight is 139 g/mol. The van der Waals surface area contributed by atoms with Crippen molar-refractivity contribution in [3.8, 4) is 0 Å². The van der Waals surface area contributed by atoms with Crippen molar-refractivity contribution in [2.75, 3.05) is 19.0 Å². The molecule has 0 aliphatic carbocycles. The van der Waals surface area contributed by atoms with Crippen LogP contribution in [0.25, 0.3) is 0 Å². The van der Waals surface area contributed by atoms with Crippen LogP contribution in [0.4, 0.5) is 0 Å². The summed E-state index contributed by atoms with van der Waals surface area (Å²) in [6.45, 7) is 0.365. The highest BCUT2D eigenvalue weighted by atomic mass is 32.2. The number of hydrogen-bond acceptors (Lipinski definition) is 3. The lowest BCUT2D eigenvalue weighted by atomic mass is 10.7. The Morgan fingerprint density at radius 3 is 2.62 bits per heavy atom. The molecule has 50 valence electrons. The predicted molar refractivity (Wildman–Crippen MR) is 30.7 cm³/mol. The van der Waals surface area contributed by atoms with E-state index in [4.69, 9.17) is 9.66 Å². The molecular weight excluding hydrogens is 130 g/mol. The van der Waals surface area contributed by atoms with E-state index in [1.165, 1.54) is 0 Å². The van der Waals surface area contributed by atoms with E-state index in [9.17, 15) is 4.21 Å². The zero-order valence-corrected chi connectivity index (χ0v) is 5.15. The molecule has 8 heavy (non-hydrogen) atoms. The molecule has 3 N–H and O–H groups in total. The molecule has 1 unspecified atom stereocenters. The average Bonchev–Trinajstić information content (AvgIpc) is 1.66. The number of hydrogen-bond donors (Lipinski definition) is 3. The van der Waals surface area contributed by atoms with Gasteiger partial charge in [-0.2, -0.15) is 0 Å². The molecule has 0 aromatic carbocycles. The van der Waals surface area contributed by atoms with Gasteiger partial charge in [-0.3, -0.25) is 0 Å². The summed E-state index contributed by atoms with van der Waals surface area (Å²) >= 11 is -1.79. The van der Waals surface area contributed by atoms with Gasteiger partial charge in [0, 0.05) is 6.54 Å². The first-order valence-corrected chi connectivity index (χ1v) is 3.44. The zero-order valence-electron chi connectivity index (χ0n) is 4.33. The summed E-state index contributed by atoms with van der Waals surface area (Å²) in [4.78, 5) is 0. The monoisotopic (exact) mass is 139 g/mol. The van der Waals surface area contributed by atoms with Gasteiger partial charge in [-0.15, -0.1) is 0 Å². The molecule has 0 fully saturated rings. The van der Waals surface area contributed by atoms with E-state index in [1.807, 2.05) is 0 Å². The molecule has 1 atom stereocenters. The highest BCUT2D eigenvalue weighted by Gasteiger charge is 1.87. The normalized spacial score (nSPS) is 13.8. The van der Waals surface area contributed by atoms with Crippen LogP contribution in [0.15, 0.2) is 0 Å². The van der Waals surface area contributed by atoms with Gasteiger partial charge in [-0.25, -0.2) is 4.21 Å². The van der Waals surface area contributed by atoms with Crippen molar-refractivity contribution in [2.45, 2.75) is 0 Å². The van der Waals surface area contributed by atoms with Crippen LogP contribution in [0.3, 0.4) is 0 Å². The van der Waals surface area contributed by atoms with E-state index >= 15 is 0 Å². The Balaban J connectivity index is 2.82. The van der Waals surface area contributed by atoms with Crippen LogP contribution in [0.1, 0.15) is 0 Å². The molecule has 0 radical (unpaired) electrons. The van der Waals surface area contributed by atoms with E-state index in [0.717, 1.165) is 0 Å². The SMILES string of the molecule is O=S(O)CNCCO. The van der Waals surface area contributed by atoms with Gasteiger partial charge >= 0.3 is 0 Å². The standard InChI is InChI=1S/C3H9NO3S/c5-2-1-4-3-8(6)7/h4-5H,1-3H2,(H,6,7). The number of aliphatic hydroxyl groups is 1. The number of rotatable bonds is 4. The third kappa shape index (κ3) is 6.03. The second-order valence-corrected chi connectivity index (χ2v) is 2.12. The highest BCUT2D eigenvalue weighted by molar-refractivity contribution is 7.79. The van der Waals surface area contributed by atoms with Crippen LogP contribution < -0.4 is 5.32 Å². The maximum atomic E-state index is 9.84. The molecule has 0 heterocycles. The molecule has 0 spiro atoms. The van der Waals surface area contributed by atoms with Gasteiger partial charge in [0.15, 0.2) is 11.1 Å². The first kappa shape index (κ1) is 8.03. The van der Waals surface area contributed by atoms with Crippen LogP contribution in [0.5, 0.6) is 0 Å². The Kier molecular flexibility index (Phi) is 5.19. The van der Waals surface area contributed by atoms with Crippen LogP contribution >= 0.6 is 0 Å². The molecule has 0 aromatic heterocycles. The van der Waals surface area contributed by atoms with Crippen molar-refractivity contribution in [3.05, 3.63) is 0 Å². The van der Waals surface area contributed by atoms with E-state index in [1.54, 1.807) is 0 Å². The third-order valence-corrected chi connectivity index (χ3v) is 0.965. The van der Waals surface area contributed by atoms with E-state index in [2.05, 4.69) is 5.32 Å². The quantitative estimate of drug-likeness (QED) is 0.336. The van der Waals surface area contributed by atoms with Gasteiger partial charge in [0.05, 0.1) is 12.5 Å². The van der Waals surface area contributed by atoms with Crippen molar-refractivity contribution in [2.24, 2.45) is 0 Å². The summed E-state index contributed by atoms with van der Waals surface area (Å²) in [5, 5.41) is 10.7. The molecule has 0 saturated heterocycles. The molecule has 0 aliphatic rings. The molecule has 0 saturated carbocycles. The van der Waals surface area contributed by atoms with E-state index in [-0.39, 0.29) is 12.5 Å². The fraction of sp³-hybridized carbons (Fsp3) is 1.00. The lowest BCUT2D eigenvalue weighted by Crippen LogP contribution is -2.22. The number of aliphatic hydroxyl groups excluding tert-OH is 1. The van der Waals surface area contributed by atoms with Gasteiger partial charge in [-0.1, -0.05) is 0 Å². The minimum atomic E-state index is -1.79. The fourth-order valence-corrected chi connectivity index (χ4v) is 0.557. The summed E-state index contributed by atoms with van der Waals surface area (Å²) in [5.41, 5.74) is 0. The Hall–Kier alpha value is 0.0300. The van der Waals surface area contributed by atoms with Crippen molar-refractivity contribution in [1.29, 1.82) is 0 Å². The molecule has 0 rings (SSSR count). The first-order chi connectivity index (χ1) is 3.77. The Morgan fingerprint density at radius 2 is 2.25 bits per heavy atom. The summed E-state index contributed by atoms with van der Waals surface area (Å²) in [6, 6.07) is 0. The Morgan fingerprint density at radius 1 is 1.62 bits per heavy atom. The molecular formula is C3H9NO3S. The van der Waals surface area contributed by atoms with Gasteiger partial charge in [0.2, 0.25) is 0 Å². The fourth-order valence-electron chi connectivity index (χ4n) is 0.239. The second kappa shape index (κ2) is 5.17. The summed E-state index contributed by atoms with van der Waals surface area (Å²) in [5.74, 6) is 0.0283. The smallest absolute Gasteiger partial charge is 0.167 e. The van der Waals surface area contributed by atoms with Gasteiger partial charge in [0.1, 0.15) is 0 Å². The topological polar surface area (TPSA) is 69.6 Å². The van der Waals surface area contributed by atoms with Gasteiger partial charge in [-0.05, 0) is 0 Å². The Labute approximate surface area is 50.2 Å². The first-order valence-electron chi connectivity index (χ1n) is 2.16. The van der Waals surface area contributed by atoms with Crippen molar-refractivity contribution >= 4 is 11.1 Å². The van der Waals surface area contributed by atoms with Crippen LogP contribution in [-0.4, -0.2) is 32.9 Å². The molecule has 0 aromatic rings. The molecule has 0 aliphatic heterocycles. The third-order valence-electron chi connectivity index (χ3n) is 0.514. The maximum absolute atomic E-state index is 9.84. The van der Waals surface area contributed by atoms with Crippen LogP contribution in [-0.2, 0) is 11.1 Å². The minimum absolute atomic E-state index is 0.00278.